The van der Waals surface area contributed by atoms with Gasteiger partial charge in [-0.1, -0.05) is 17.7 Å². The van der Waals surface area contributed by atoms with E-state index in [0.717, 1.165) is 31.8 Å². The standard InChI is InChI=1S/C18H28N2O/c1-13-6-7-16-14(8-13)9-15(21-16)10-20-12-17(2,3)19-11-18(20,4)5/h6-8,15,19H,9-12H2,1-5H3. The highest BCUT2D eigenvalue weighted by molar-refractivity contribution is 5.40. The van der Waals surface area contributed by atoms with Gasteiger partial charge in [-0.05, 0) is 46.2 Å². The van der Waals surface area contributed by atoms with E-state index in [4.69, 9.17) is 4.74 Å². The summed E-state index contributed by atoms with van der Waals surface area (Å²) < 4.78 is 6.16. The summed E-state index contributed by atoms with van der Waals surface area (Å²) in [7, 11) is 0. The lowest BCUT2D eigenvalue weighted by Crippen LogP contribution is -2.67. The molecule has 3 rings (SSSR count). The quantitative estimate of drug-likeness (QED) is 0.905. The average Bonchev–Trinajstić information content (AvgIpc) is 2.76. The number of fused-ring (bicyclic) bond motifs is 1. The van der Waals surface area contributed by atoms with Crippen LogP contribution in [0.25, 0.3) is 0 Å². The topological polar surface area (TPSA) is 24.5 Å². The molecule has 1 fully saturated rings. The summed E-state index contributed by atoms with van der Waals surface area (Å²) in [5.74, 6) is 1.08. The van der Waals surface area contributed by atoms with Gasteiger partial charge in [-0.25, -0.2) is 0 Å². The number of rotatable bonds is 2. The Morgan fingerprint density at radius 1 is 1.29 bits per heavy atom. The van der Waals surface area contributed by atoms with Crippen molar-refractivity contribution in [2.45, 2.75) is 58.2 Å². The predicted molar refractivity (Wildman–Crippen MR) is 87.0 cm³/mol. The largest absolute Gasteiger partial charge is 0.488 e. The highest BCUT2D eigenvalue weighted by Crippen LogP contribution is 2.32. The lowest BCUT2D eigenvalue weighted by Gasteiger charge is -2.50. The zero-order chi connectivity index (χ0) is 15.3. The Labute approximate surface area is 128 Å². The summed E-state index contributed by atoms with van der Waals surface area (Å²) >= 11 is 0. The number of piperazine rings is 1. The SMILES string of the molecule is Cc1ccc2c(c1)CC(CN1CC(C)(C)NCC1(C)C)O2. The molecule has 1 atom stereocenters. The van der Waals surface area contributed by atoms with Crippen LogP contribution in [0.3, 0.4) is 0 Å². The van der Waals surface area contributed by atoms with E-state index in [1.165, 1.54) is 11.1 Å². The number of hydrogen-bond acceptors (Lipinski definition) is 3. The van der Waals surface area contributed by atoms with E-state index >= 15 is 0 Å². The normalized spacial score (nSPS) is 27.2. The van der Waals surface area contributed by atoms with Crippen molar-refractivity contribution in [3.63, 3.8) is 0 Å². The van der Waals surface area contributed by atoms with Crippen molar-refractivity contribution in [1.82, 2.24) is 10.2 Å². The fourth-order valence-corrected chi connectivity index (χ4v) is 3.42. The summed E-state index contributed by atoms with van der Waals surface area (Å²) in [5.41, 5.74) is 3.05. The summed E-state index contributed by atoms with van der Waals surface area (Å²) in [6.45, 7) is 14.4. The molecule has 116 valence electrons. The molecule has 0 aliphatic carbocycles. The van der Waals surface area contributed by atoms with Crippen LogP contribution in [0.2, 0.25) is 0 Å². The maximum Gasteiger partial charge on any atom is 0.123 e. The fourth-order valence-electron chi connectivity index (χ4n) is 3.42. The Bertz CT molecular complexity index is 536. The van der Waals surface area contributed by atoms with E-state index in [-0.39, 0.29) is 17.2 Å². The number of ether oxygens (including phenoxy) is 1. The zero-order valence-electron chi connectivity index (χ0n) is 14.0. The van der Waals surface area contributed by atoms with Crippen molar-refractivity contribution in [2.75, 3.05) is 19.6 Å². The lowest BCUT2D eigenvalue weighted by molar-refractivity contribution is 0.0127. The molecule has 2 aliphatic rings. The van der Waals surface area contributed by atoms with Crippen molar-refractivity contribution >= 4 is 0 Å². The van der Waals surface area contributed by atoms with E-state index < -0.39 is 0 Å². The molecule has 2 aliphatic heterocycles. The molecule has 3 heteroatoms. The van der Waals surface area contributed by atoms with E-state index in [1.807, 2.05) is 0 Å². The second-order valence-corrected chi connectivity index (χ2v) is 7.99. The molecule has 0 radical (unpaired) electrons. The number of aryl methyl sites for hydroxylation is 1. The molecule has 1 N–H and O–H groups in total. The van der Waals surface area contributed by atoms with Crippen LogP contribution in [-0.2, 0) is 6.42 Å². The first-order valence-corrected chi connectivity index (χ1v) is 8.01. The van der Waals surface area contributed by atoms with Crippen LogP contribution in [0.1, 0.15) is 38.8 Å². The van der Waals surface area contributed by atoms with E-state index in [0.29, 0.717) is 0 Å². The van der Waals surface area contributed by atoms with Crippen LogP contribution in [0.5, 0.6) is 5.75 Å². The van der Waals surface area contributed by atoms with Crippen LogP contribution in [0, 0.1) is 6.92 Å². The molecule has 3 nitrogen and oxygen atoms in total. The summed E-state index contributed by atoms with van der Waals surface area (Å²) in [6.07, 6.45) is 1.33. The van der Waals surface area contributed by atoms with Gasteiger partial charge >= 0.3 is 0 Å². The minimum Gasteiger partial charge on any atom is -0.488 e. The van der Waals surface area contributed by atoms with Gasteiger partial charge in [0.15, 0.2) is 0 Å². The lowest BCUT2D eigenvalue weighted by atomic mass is 9.91. The van der Waals surface area contributed by atoms with Gasteiger partial charge in [-0.2, -0.15) is 0 Å². The number of hydrogen-bond donors (Lipinski definition) is 1. The minimum atomic E-state index is 0.178. The molecule has 2 heterocycles. The first kappa shape index (κ1) is 14.9. The van der Waals surface area contributed by atoms with Gasteiger partial charge in [0.2, 0.25) is 0 Å². The number of nitrogens with zero attached hydrogens (tertiary/aromatic N) is 1. The smallest absolute Gasteiger partial charge is 0.123 e. The molecular weight excluding hydrogens is 260 g/mol. The molecule has 1 aromatic carbocycles. The fraction of sp³-hybridized carbons (Fsp3) is 0.667. The van der Waals surface area contributed by atoms with Crippen molar-refractivity contribution < 1.29 is 4.74 Å². The molecule has 1 aromatic rings. The van der Waals surface area contributed by atoms with E-state index in [1.54, 1.807) is 0 Å². The Hall–Kier alpha value is -1.06. The summed E-state index contributed by atoms with van der Waals surface area (Å²) in [4.78, 5) is 2.59. The van der Waals surface area contributed by atoms with Gasteiger partial charge < -0.3 is 10.1 Å². The van der Waals surface area contributed by atoms with Gasteiger partial charge in [0.05, 0.1) is 0 Å². The molecule has 0 aromatic heterocycles. The molecule has 0 bridgehead atoms. The van der Waals surface area contributed by atoms with Gasteiger partial charge in [0, 0.05) is 37.1 Å². The molecule has 0 amide bonds. The van der Waals surface area contributed by atoms with Crippen molar-refractivity contribution in [1.29, 1.82) is 0 Å². The molecule has 0 saturated carbocycles. The molecular formula is C18H28N2O. The Kier molecular flexibility index (Phi) is 3.53. The number of nitrogens with one attached hydrogen (secondary N) is 1. The highest BCUT2D eigenvalue weighted by atomic mass is 16.5. The van der Waals surface area contributed by atoms with E-state index in [2.05, 4.69) is 63.0 Å². The third-order valence-corrected chi connectivity index (χ3v) is 4.82. The van der Waals surface area contributed by atoms with Gasteiger partial charge in [0.25, 0.3) is 0 Å². The minimum absolute atomic E-state index is 0.178. The molecule has 0 spiro atoms. The Morgan fingerprint density at radius 3 is 2.81 bits per heavy atom. The summed E-state index contributed by atoms with van der Waals surface area (Å²) in [5, 5.41) is 3.65. The van der Waals surface area contributed by atoms with Crippen molar-refractivity contribution in [3.05, 3.63) is 29.3 Å². The summed E-state index contributed by atoms with van der Waals surface area (Å²) in [6, 6.07) is 6.53. The maximum absolute atomic E-state index is 6.16. The molecule has 21 heavy (non-hydrogen) atoms. The zero-order valence-corrected chi connectivity index (χ0v) is 14.0. The van der Waals surface area contributed by atoms with Crippen LogP contribution < -0.4 is 10.1 Å². The van der Waals surface area contributed by atoms with Gasteiger partial charge in [0.1, 0.15) is 11.9 Å². The highest BCUT2D eigenvalue weighted by Gasteiger charge is 2.39. The Balaban J connectivity index is 1.70. The first-order chi connectivity index (χ1) is 9.75. The van der Waals surface area contributed by atoms with Crippen LogP contribution in [0.15, 0.2) is 18.2 Å². The second kappa shape index (κ2) is 4.99. The Morgan fingerprint density at radius 2 is 2.05 bits per heavy atom. The van der Waals surface area contributed by atoms with Crippen molar-refractivity contribution in [3.8, 4) is 5.75 Å². The first-order valence-electron chi connectivity index (χ1n) is 8.01. The number of benzene rings is 1. The third kappa shape index (κ3) is 3.09. The predicted octanol–water partition coefficient (Wildman–Crippen LogP) is 2.76. The molecule has 1 unspecified atom stereocenters. The van der Waals surface area contributed by atoms with Crippen molar-refractivity contribution in [2.24, 2.45) is 0 Å². The maximum atomic E-state index is 6.16. The molecule has 1 saturated heterocycles. The second-order valence-electron chi connectivity index (χ2n) is 7.99. The van der Waals surface area contributed by atoms with Gasteiger partial charge in [-0.3, -0.25) is 4.90 Å². The van der Waals surface area contributed by atoms with E-state index in [9.17, 15) is 0 Å². The van der Waals surface area contributed by atoms with Gasteiger partial charge in [-0.15, -0.1) is 0 Å². The van der Waals surface area contributed by atoms with Crippen LogP contribution in [-0.4, -0.2) is 41.7 Å². The monoisotopic (exact) mass is 288 g/mol. The van der Waals surface area contributed by atoms with Crippen LogP contribution in [0.4, 0.5) is 0 Å². The average molecular weight is 288 g/mol. The van der Waals surface area contributed by atoms with Crippen LogP contribution >= 0.6 is 0 Å². The third-order valence-electron chi connectivity index (χ3n) is 4.82.